The number of esters is 1. The van der Waals surface area contributed by atoms with Crippen molar-refractivity contribution >= 4 is 17.3 Å². The minimum atomic E-state index is -0.371. The summed E-state index contributed by atoms with van der Waals surface area (Å²) in [5.74, 6) is 1.03. The van der Waals surface area contributed by atoms with Gasteiger partial charge >= 0.3 is 5.97 Å². The maximum atomic E-state index is 12.2. The second-order valence-corrected chi connectivity index (χ2v) is 5.76. The first-order valence-corrected chi connectivity index (χ1v) is 7.45. The van der Waals surface area contributed by atoms with Crippen LogP contribution < -0.4 is 15.4 Å². The lowest BCUT2D eigenvalue weighted by Crippen LogP contribution is -2.45. The van der Waals surface area contributed by atoms with E-state index < -0.39 is 0 Å². The van der Waals surface area contributed by atoms with Gasteiger partial charge in [0.15, 0.2) is 0 Å². The van der Waals surface area contributed by atoms with E-state index in [-0.39, 0.29) is 12.0 Å². The molecule has 116 valence electrons. The summed E-state index contributed by atoms with van der Waals surface area (Å²) in [5.41, 5.74) is 7.44. The molecule has 2 rings (SSSR count). The summed E-state index contributed by atoms with van der Waals surface area (Å²) in [7, 11) is 0. The summed E-state index contributed by atoms with van der Waals surface area (Å²) in [5, 5.41) is 0. The highest BCUT2D eigenvalue weighted by Gasteiger charge is 2.29. The van der Waals surface area contributed by atoms with Gasteiger partial charge in [-0.15, -0.1) is 0 Å². The Balaban J connectivity index is 2.07. The van der Waals surface area contributed by atoms with Gasteiger partial charge < -0.3 is 20.1 Å². The third kappa shape index (κ3) is 3.60. The second-order valence-electron chi connectivity index (χ2n) is 5.76. The van der Waals surface area contributed by atoms with E-state index in [1.165, 1.54) is 0 Å². The molecule has 5 heteroatoms. The van der Waals surface area contributed by atoms with Crippen LogP contribution in [-0.4, -0.2) is 31.8 Å². The number of nitrogens with two attached hydrogens (primary N) is 1. The number of nitrogens with zero attached hydrogens (tertiary/aromatic N) is 1. The Labute approximate surface area is 126 Å². The molecule has 1 atom stereocenters. The number of hydrogen-bond donors (Lipinski definition) is 1. The second kappa shape index (κ2) is 6.70. The van der Waals surface area contributed by atoms with Crippen LogP contribution in [0.4, 0.5) is 11.4 Å². The average Bonchev–Trinajstić information content (AvgIpc) is 2.45. The Hall–Kier alpha value is -1.91. The van der Waals surface area contributed by atoms with E-state index in [4.69, 9.17) is 15.2 Å². The fourth-order valence-electron chi connectivity index (χ4n) is 2.36. The molecule has 0 amide bonds. The van der Waals surface area contributed by atoms with Crippen molar-refractivity contribution in [3.05, 3.63) is 18.2 Å². The Morgan fingerprint density at radius 1 is 1.43 bits per heavy atom. The van der Waals surface area contributed by atoms with Crippen LogP contribution in [0.2, 0.25) is 0 Å². The standard InChI is InChI=1S/C16H24N2O3/c1-11(2)7-9-21-16(19)12(3)18-8-10-20-14-6-4-5-13(17)15(14)18/h4-6,11-12H,7-10,17H2,1-3H3. The maximum Gasteiger partial charge on any atom is 0.328 e. The number of benzene rings is 1. The average molecular weight is 292 g/mol. The molecule has 0 radical (unpaired) electrons. The first-order valence-electron chi connectivity index (χ1n) is 7.45. The molecule has 0 fully saturated rings. The van der Waals surface area contributed by atoms with E-state index in [0.29, 0.717) is 31.4 Å². The van der Waals surface area contributed by atoms with Crippen molar-refractivity contribution in [2.45, 2.75) is 33.2 Å². The Kier molecular flexibility index (Phi) is 4.94. The molecule has 1 aromatic rings. The van der Waals surface area contributed by atoms with E-state index in [2.05, 4.69) is 13.8 Å². The number of carbonyl (C=O) groups is 1. The number of fused-ring (bicyclic) bond motifs is 1. The van der Waals surface area contributed by atoms with E-state index in [1.54, 1.807) is 0 Å². The molecular weight excluding hydrogens is 268 g/mol. The van der Waals surface area contributed by atoms with E-state index in [9.17, 15) is 4.79 Å². The highest BCUT2D eigenvalue weighted by atomic mass is 16.5. The molecule has 1 aliphatic rings. The minimum absolute atomic E-state index is 0.216. The van der Waals surface area contributed by atoms with Gasteiger partial charge in [0.1, 0.15) is 24.1 Å². The zero-order chi connectivity index (χ0) is 15.4. The lowest BCUT2D eigenvalue weighted by molar-refractivity contribution is -0.145. The molecule has 1 aliphatic heterocycles. The molecule has 0 aromatic heterocycles. The third-order valence-corrected chi connectivity index (χ3v) is 3.66. The van der Waals surface area contributed by atoms with Crippen molar-refractivity contribution in [3.8, 4) is 5.75 Å². The van der Waals surface area contributed by atoms with Crippen LogP contribution in [0, 0.1) is 5.92 Å². The lowest BCUT2D eigenvalue weighted by Gasteiger charge is -2.35. The number of carbonyl (C=O) groups excluding carboxylic acids is 1. The van der Waals surface area contributed by atoms with Gasteiger partial charge in [0.2, 0.25) is 0 Å². The maximum absolute atomic E-state index is 12.2. The highest BCUT2D eigenvalue weighted by molar-refractivity contribution is 5.84. The first-order chi connectivity index (χ1) is 10.0. The van der Waals surface area contributed by atoms with Crippen molar-refractivity contribution in [1.82, 2.24) is 0 Å². The zero-order valence-electron chi connectivity index (χ0n) is 13.0. The molecule has 2 N–H and O–H groups in total. The molecule has 0 saturated carbocycles. The fraction of sp³-hybridized carbons (Fsp3) is 0.562. The van der Waals surface area contributed by atoms with Gasteiger partial charge in [-0.3, -0.25) is 0 Å². The third-order valence-electron chi connectivity index (χ3n) is 3.66. The Morgan fingerprint density at radius 3 is 2.90 bits per heavy atom. The number of hydrogen-bond acceptors (Lipinski definition) is 5. The van der Waals surface area contributed by atoms with Gasteiger partial charge in [-0.25, -0.2) is 4.79 Å². The first kappa shape index (κ1) is 15.5. The van der Waals surface area contributed by atoms with Gasteiger partial charge in [0.25, 0.3) is 0 Å². The van der Waals surface area contributed by atoms with Crippen molar-refractivity contribution < 1.29 is 14.3 Å². The molecule has 1 aromatic carbocycles. The summed E-state index contributed by atoms with van der Waals surface area (Å²) in [6, 6.07) is 5.17. The lowest BCUT2D eigenvalue weighted by atomic mass is 10.1. The van der Waals surface area contributed by atoms with Crippen molar-refractivity contribution in [3.63, 3.8) is 0 Å². The number of nitrogen functional groups attached to an aromatic ring is 1. The zero-order valence-corrected chi connectivity index (χ0v) is 13.0. The summed E-state index contributed by atoms with van der Waals surface area (Å²) >= 11 is 0. The summed E-state index contributed by atoms with van der Waals surface area (Å²) in [6.07, 6.45) is 0.875. The SMILES string of the molecule is CC(C)CCOC(=O)C(C)N1CCOc2cccc(N)c21. The molecule has 0 saturated heterocycles. The van der Waals surface area contributed by atoms with Gasteiger partial charge in [-0.2, -0.15) is 0 Å². The fourth-order valence-corrected chi connectivity index (χ4v) is 2.36. The van der Waals surface area contributed by atoms with Crippen molar-refractivity contribution in [1.29, 1.82) is 0 Å². The molecule has 5 nitrogen and oxygen atoms in total. The van der Waals surface area contributed by atoms with Gasteiger partial charge in [0, 0.05) is 0 Å². The minimum Gasteiger partial charge on any atom is -0.489 e. The molecular formula is C16H24N2O3. The van der Waals surface area contributed by atoms with E-state index in [1.807, 2.05) is 30.0 Å². The summed E-state index contributed by atoms with van der Waals surface area (Å²) in [4.78, 5) is 14.2. The van der Waals surface area contributed by atoms with E-state index in [0.717, 1.165) is 17.9 Å². The van der Waals surface area contributed by atoms with Gasteiger partial charge in [-0.1, -0.05) is 19.9 Å². The predicted molar refractivity (Wildman–Crippen MR) is 83.6 cm³/mol. The largest absolute Gasteiger partial charge is 0.489 e. The summed E-state index contributed by atoms with van der Waals surface area (Å²) in [6.45, 7) is 7.69. The molecule has 1 unspecified atom stereocenters. The molecule has 21 heavy (non-hydrogen) atoms. The monoisotopic (exact) mass is 292 g/mol. The molecule has 0 aliphatic carbocycles. The van der Waals surface area contributed by atoms with Crippen LogP contribution in [0.5, 0.6) is 5.75 Å². The number of rotatable bonds is 5. The van der Waals surface area contributed by atoms with Crippen LogP contribution in [0.25, 0.3) is 0 Å². The topological polar surface area (TPSA) is 64.8 Å². The Bertz CT molecular complexity index is 502. The molecule has 1 heterocycles. The van der Waals surface area contributed by atoms with Crippen molar-refractivity contribution in [2.75, 3.05) is 30.4 Å². The smallest absolute Gasteiger partial charge is 0.328 e. The number of ether oxygens (including phenoxy) is 2. The normalized spacial score (nSPS) is 15.3. The van der Waals surface area contributed by atoms with Crippen LogP contribution in [0.1, 0.15) is 27.2 Å². The number of anilines is 2. The Morgan fingerprint density at radius 2 is 2.19 bits per heavy atom. The van der Waals surface area contributed by atoms with Crippen molar-refractivity contribution in [2.24, 2.45) is 5.92 Å². The summed E-state index contributed by atoms with van der Waals surface area (Å²) < 4.78 is 11.0. The van der Waals surface area contributed by atoms with Crippen LogP contribution in [0.15, 0.2) is 18.2 Å². The van der Waals surface area contributed by atoms with Crippen LogP contribution in [-0.2, 0) is 9.53 Å². The van der Waals surface area contributed by atoms with E-state index >= 15 is 0 Å². The predicted octanol–water partition coefficient (Wildman–Crippen LogP) is 2.45. The number of para-hydroxylation sites is 1. The molecule has 0 spiro atoms. The van der Waals surface area contributed by atoms with Gasteiger partial charge in [-0.05, 0) is 31.4 Å². The van der Waals surface area contributed by atoms with Crippen LogP contribution >= 0.6 is 0 Å². The highest BCUT2D eigenvalue weighted by Crippen LogP contribution is 2.37. The van der Waals surface area contributed by atoms with Gasteiger partial charge in [0.05, 0.1) is 18.8 Å². The molecule has 0 bridgehead atoms. The quantitative estimate of drug-likeness (QED) is 0.667. The van der Waals surface area contributed by atoms with Crippen LogP contribution in [0.3, 0.4) is 0 Å².